The van der Waals surface area contributed by atoms with Gasteiger partial charge < -0.3 is 4.57 Å². The van der Waals surface area contributed by atoms with Crippen LogP contribution in [-0.4, -0.2) is 15.0 Å². The highest BCUT2D eigenvalue weighted by Gasteiger charge is 2.26. The second kappa shape index (κ2) is 10.5. The average molecular weight is 651 g/mol. The molecule has 0 spiro atoms. The number of anilines is 1. The Morgan fingerprint density at radius 2 is 1.02 bits per heavy atom. The van der Waals surface area contributed by atoms with Crippen molar-refractivity contribution in [2.75, 3.05) is 5.43 Å². The first-order valence-electron chi connectivity index (χ1n) is 17.4. The van der Waals surface area contributed by atoms with Gasteiger partial charge in [0.15, 0.2) is 0 Å². The third kappa shape index (κ3) is 4.05. The molecule has 0 radical (unpaired) electrons. The van der Waals surface area contributed by atoms with E-state index in [-0.39, 0.29) is 0 Å². The Morgan fingerprint density at radius 3 is 1.84 bits per heavy atom. The van der Waals surface area contributed by atoms with Crippen LogP contribution in [0.25, 0.3) is 82.3 Å². The van der Waals surface area contributed by atoms with Gasteiger partial charge in [0, 0.05) is 38.4 Å². The van der Waals surface area contributed by atoms with Crippen molar-refractivity contribution >= 4 is 65.8 Å². The van der Waals surface area contributed by atoms with Crippen molar-refractivity contribution < 1.29 is 0 Å². The molecule has 8 aromatic carbocycles. The Hall–Kier alpha value is -6.91. The number of nitrogens with zero attached hydrogens (tertiary/aromatic N) is 2. The van der Waals surface area contributed by atoms with Gasteiger partial charge >= 0.3 is 0 Å². The van der Waals surface area contributed by atoms with E-state index in [0.717, 1.165) is 44.7 Å². The molecule has 1 aliphatic carbocycles. The van der Waals surface area contributed by atoms with E-state index in [1.165, 1.54) is 54.5 Å². The van der Waals surface area contributed by atoms with Crippen LogP contribution in [-0.2, 0) is 0 Å². The second-order valence-electron chi connectivity index (χ2n) is 13.5. The molecule has 2 aromatic heterocycles. The van der Waals surface area contributed by atoms with Crippen LogP contribution >= 0.6 is 0 Å². The van der Waals surface area contributed by atoms with E-state index in [2.05, 4.69) is 166 Å². The molecular formula is C47H30N4. The number of hydrogen-bond donors (Lipinski definition) is 2. The van der Waals surface area contributed by atoms with Gasteiger partial charge in [-0.05, 0) is 93.7 Å². The summed E-state index contributed by atoms with van der Waals surface area (Å²) in [6, 6.07) is 60.7. The SMILES string of the molecule is N=C1c2ccccc2-c2cccc(Nn3c4ccccc4c4cc(-c5ccc6c(c5)c5cc7ccccc7cc5n6-c5ccccc5)ccc43)c21. The lowest BCUT2D eigenvalue weighted by atomic mass is 10.00. The molecule has 0 bridgehead atoms. The molecule has 11 rings (SSSR count). The minimum atomic E-state index is 0.559. The Labute approximate surface area is 293 Å². The molecule has 238 valence electrons. The summed E-state index contributed by atoms with van der Waals surface area (Å²) >= 11 is 0. The largest absolute Gasteiger partial charge is 0.309 e. The molecular weight excluding hydrogens is 621 g/mol. The molecule has 4 heteroatoms. The molecule has 51 heavy (non-hydrogen) atoms. The highest BCUT2D eigenvalue weighted by Crippen LogP contribution is 2.42. The van der Waals surface area contributed by atoms with Crippen molar-refractivity contribution in [3.63, 3.8) is 0 Å². The molecule has 0 aliphatic heterocycles. The number of benzene rings is 8. The van der Waals surface area contributed by atoms with Crippen LogP contribution in [0.4, 0.5) is 5.69 Å². The van der Waals surface area contributed by atoms with Crippen LogP contribution in [0.2, 0.25) is 0 Å². The van der Waals surface area contributed by atoms with E-state index in [1.807, 2.05) is 18.2 Å². The van der Waals surface area contributed by atoms with Gasteiger partial charge in [0.25, 0.3) is 0 Å². The summed E-state index contributed by atoms with van der Waals surface area (Å²) in [4.78, 5) is 0. The zero-order valence-electron chi connectivity index (χ0n) is 27.6. The predicted octanol–water partition coefficient (Wildman–Crippen LogP) is 12.0. The zero-order valence-corrected chi connectivity index (χ0v) is 27.6. The molecule has 0 fully saturated rings. The highest BCUT2D eigenvalue weighted by atomic mass is 15.4. The Morgan fingerprint density at radius 1 is 0.412 bits per heavy atom. The van der Waals surface area contributed by atoms with Crippen LogP contribution < -0.4 is 5.43 Å². The Kier molecular flexibility index (Phi) is 5.78. The Bertz CT molecular complexity index is 3070. The summed E-state index contributed by atoms with van der Waals surface area (Å²) in [6.07, 6.45) is 0. The van der Waals surface area contributed by atoms with Crippen LogP contribution in [0.3, 0.4) is 0 Å². The number of aromatic nitrogens is 2. The van der Waals surface area contributed by atoms with Crippen molar-refractivity contribution in [2.45, 2.75) is 0 Å². The molecule has 0 atom stereocenters. The van der Waals surface area contributed by atoms with Gasteiger partial charge in [0.2, 0.25) is 0 Å². The minimum absolute atomic E-state index is 0.559. The van der Waals surface area contributed by atoms with Crippen molar-refractivity contribution in [2.24, 2.45) is 0 Å². The maximum absolute atomic E-state index is 9.08. The van der Waals surface area contributed by atoms with E-state index in [4.69, 9.17) is 5.41 Å². The molecule has 1 aliphatic rings. The first-order chi connectivity index (χ1) is 25.2. The summed E-state index contributed by atoms with van der Waals surface area (Å²) in [5, 5.41) is 16.4. The van der Waals surface area contributed by atoms with E-state index >= 15 is 0 Å². The average Bonchev–Trinajstić information content (AvgIpc) is 3.79. The fraction of sp³-hybridized carbons (Fsp3) is 0. The van der Waals surface area contributed by atoms with Gasteiger partial charge in [-0.2, -0.15) is 0 Å². The summed E-state index contributed by atoms with van der Waals surface area (Å²) in [7, 11) is 0. The van der Waals surface area contributed by atoms with Gasteiger partial charge in [0.1, 0.15) is 0 Å². The van der Waals surface area contributed by atoms with E-state index < -0.39 is 0 Å². The molecule has 0 amide bonds. The first kappa shape index (κ1) is 28.0. The number of rotatable bonds is 4. The lowest BCUT2D eigenvalue weighted by Crippen LogP contribution is -2.11. The van der Waals surface area contributed by atoms with Crippen molar-refractivity contribution in [1.82, 2.24) is 9.24 Å². The fourth-order valence-electron chi connectivity index (χ4n) is 8.34. The fourth-order valence-corrected chi connectivity index (χ4v) is 8.34. The second-order valence-corrected chi connectivity index (χ2v) is 13.5. The molecule has 0 unspecified atom stereocenters. The van der Waals surface area contributed by atoms with Crippen LogP contribution in [0.5, 0.6) is 0 Å². The van der Waals surface area contributed by atoms with E-state index in [0.29, 0.717) is 5.71 Å². The van der Waals surface area contributed by atoms with Crippen LogP contribution in [0.1, 0.15) is 11.1 Å². The van der Waals surface area contributed by atoms with E-state index in [9.17, 15) is 0 Å². The number of hydrogen-bond acceptors (Lipinski definition) is 2. The molecule has 2 heterocycles. The predicted molar refractivity (Wildman–Crippen MR) is 214 cm³/mol. The molecule has 4 nitrogen and oxygen atoms in total. The van der Waals surface area contributed by atoms with Crippen molar-refractivity contribution in [3.8, 4) is 27.9 Å². The Balaban J connectivity index is 1.08. The topological polar surface area (TPSA) is 45.7 Å². The van der Waals surface area contributed by atoms with Gasteiger partial charge in [0.05, 0.1) is 33.5 Å². The number of fused-ring (bicyclic) bond motifs is 10. The molecule has 0 saturated carbocycles. The highest BCUT2D eigenvalue weighted by molar-refractivity contribution is 6.26. The standard InChI is InChI=1S/C47H30N4/c48-47-37-17-7-6-15-34(37)36-18-10-19-41(46(36)47)49-51-43-20-9-8-16-35(43)38-26-32(22-24-44(38)51)31-21-23-42-39(27-31)40-25-29-11-4-5-12-30(29)28-45(40)50(42)33-13-2-1-3-14-33/h1-28,48-49H. The summed E-state index contributed by atoms with van der Waals surface area (Å²) in [6.45, 7) is 0. The monoisotopic (exact) mass is 650 g/mol. The van der Waals surface area contributed by atoms with Crippen LogP contribution in [0, 0.1) is 5.41 Å². The third-order valence-corrected chi connectivity index (χ3v) is 10.7. The smallest absolute Gasteiger partial charge is 0.0718 e. The quantitative estimate of drug-likeness (QED) is 0.196. The van der Waals surface area contributed by atoms with Gasteiger partial charge in [-0.1, -0.05) is 109 Å². The minimum Gasteiger partial charge on any atom is -0.309 e. The van der Waals surface area contributed by atoms with Crippen molar-refractivity contribution in [1.29, 1.82) is 5.41 Å². The number of para-hydroxylation sites is 2. The zero-order chi connectivity index (χ0) is 33.6. The first-order valence-corrected chi connectivity index (χ1v) is 17.4. The third-order valence-electron chi connectivity index (χ3n) is 10.7. The maximum Gasteiger partial charge on any atom is 0.0718 e. The maximum atomic E-state index is 9.08. The van der Waals surface area contributed by atoms with E-state index in [1.54, 1.807) is 0 Å². The summed E-state index contributed by atoms with van der Waals surface area (Å²) in [5.41, 5.74) is 17.5. The van der Waals surface area contributed by atoms with Crippen LogP contribution in [0.15, 0.2) is 170 Å². The summed E-state index contributed by atoms with van der Waals surface area (Å²) < 4.78 is 4.57. The van der Waals surface area contributed by atoms with Gasteiger partial charge in [-0.3, -0.25) is 15.5 Å². The normalized spacial score (nSPS) is 12.4. The number of nitrogens with one attached hydrogen (secondary N) is 2. The van der Waals surface area contributed by atoms with Crippen molar-refractivity contribution in [3.05, 3.63) is 181 Å². The van der Waals surface area contributed by atoms with Gasteiger partial charge in [-0.25, -0.2) is 0 Å². The van der Waals surface area contributed by atoms with Gasteiger partial charge in [-0.15, -0.1) is 0 Å². The molecule has 0 saturated heterocycles. The lowest BCUT2D eigenvalue weighted by molar-refractivity contribution is 1.06. The lowest BCUT2D eigenvalue weighted by Gasteiger charge is -2.15. The summed E-state index contributed by atoms with van der Waals surface area (Å²) in [5.74, 6) is 0. The molecule has 2 N–H and O–H groups in total. The molecule has 10 aromatic rings.